The molecule has 3 aromatic rings. The van der Waals surface area contributed by atoms with Crippen molar-refractivity contribution in [3.8, 4) is 0 Å². The third-order valence-corrected chi connectivity index (χ3v) is 3.73. The van der Waals surface area contributed by atoms with Gasteiger partial charge in [-0.05, 0) is 51.4 Å². The topological polar surface area (TPSA) is 37.3 Å². The summed E-state index contributed by atoms with van der Waals surface area (Å²) in [5.41, 5.74) is 0.886. The van der Waals surface area contributed by atoms with Crippen molar-refractivity contribution in [3.05, 3.63) is 64.6 Å². The second kappa shape index (κ2) is 5.10. The molecule has 3 heteroatoms. The Morgan fingerprint density at radius 2 is 1.60 bits per heavy atom. The van der Waals surface area contributed by atoms with Crippen molar-refractivity contribution >= 4 is 49.5 Å². The van der Waals surface area contributed by atoms with E-state index in [1.54, 1.807) is 6.08 Å². The van der Waals surface area contributed by atoms with E-state index in [0.717, 1.165) is 21.5 Å². The van der Waals surface area contributed by atoms with E-state index in [1.807, 2.05) is 24.3 Å². The highest BCUT2D eigenvalue weighted by molar-refractivity contribution is 9.10. The Labute approximate surface area is 124 Å². The van der Waals surface area contributed by atoms with Gasteiger partial charge < -0.3 is 5.11 Å². The highest BCUT2D eigenvalue weighted by Gasteiger charge is 2.01. The minimum Gasteiger partial charge on any atom is -0.478 e. The van der Waals surface area contributed by atoms with Crippen molar-refractivity contribution < 1.29 is 9.90 Å². The van der Waals surface area contributed by atoms with Gasteiger partial charge in [0, 0.05) is 10.5 Å². The molecule has 0 saturated carbocycles. The molecule has 3 aromatic carbocycles. The molecule has 0 radical (unpaired) electrons. The Bertz CT molecular complexity index is 850. The second-order valence-corrected chi connectivity index (χ2v) is 5.50. The quantitative estimate of drug-likeness (QED) is 0.539. The molecule has 0 unspecified atom stereocenters. The van der Waals surface area contributed by atoms with Gasteiger partial charge in [0.05, 0.1) is 0 Å². The minimum absolute atomic E-state index is 0.886. The summed E-state index contributed by atoms with van der Waals surface area (Å²) in [5.74, 6) is -0.937. The monoisotopic (exact) mass is 326 g/mol. The first kappa shape index (κ1) is 12.9. The van der Waals surface area contributed by atoms with Gasteiger partial charge in [-0.3, -0.25) is 0 Å². The van der Waals surface area contributed by atoms with E-state index in [0.29, 0.717) is 0 Å². The summed E-state index contributed by atoms with van der Waals surface area (Å²) in [6.45, 7) is 0. The van der Waals surface area contributed by atoms with Gasteiger partial charge in [0.1, 0.15) is 0 Å². The normalized spacial score (nSPS) is 11.4. The number of aliphatic carboxylic acids is 1. The third-order valence-electron chi connectivity index (χ3n) is 3.24. The summed E-state index contributed by atoms with van der Waals surface area (Å²) in [6.07, 6.45) is 2.76. The Balaban J connectivity index is 2.19. The molecule has 0 aliphatic rings. The Hall–Kier alpha value is -2.13. The van der Waals surface area contributed by atoms with E-state index >= 15 is 0 Å². The first-order chi connectivity index (χ1) is 9.63. The molecule has 0 amide bonds. The Kier molecular flexibility index (Phi) is 3.28. The summed E-state index contributed by atoms with van der Waals surface area (Å²) in [7, 11) is 0. The zero-order chi connectivity index (χ0) is 14.1. The molecule has 3 rings (SSSR count). The summed E-state index contributed by atoms with van der Waals surface area (Å²) < 4.78 is 1.06. The van der Waals surface area contributed by atoms with E-state index in [-0.39, 0.29) is 0 Å². The van der Waals surface area contributed by atoms with Gasteiger partial charge in [-0.25, -0.2) is 4.79 Å². The Morgan fingerprint density at radius 1 is 0.950 bits per heavy atom. The van der Waals surface area contributed by atoms with Crippen molar-refractivity contribution in [2.45, 2.75) is 0 Å². The summed E-state index contributed by atoms with van der Waals surface area (Å²) in [4.78, 5) is 10.6. The number of carboxylic acids is 1. The fraction of sp³-hybridized carbons (Fsp3) is 0. The molecule has 0 aliphatic heterocycles. The van der Waals surface area contributed by atoms with Crippen molar-refractivity contribution in [1.82, 2.24) is 0 Å². The molecule has 0 heterocycles. The number of rotatable bonds is 2. The van der Waals surface area contributed by atoms with Crippen molar-refractivity contribution in [3.63, 3.8) is 0 Å². The van der Waals surface area contributed by atoms with Crippen LogP contribution in [0.3, 0.4) is 0 Å². The maximum atomic E-state index is 10.6. The smallest absolute Gasteiger partial charge is 0.328 e. The van der Waals surface area contributed by atoms with Crippen LogP contribution in [0.5, 0.6) is 0 Å². The molecule has 20 heavy (non-hydrogen) atoms. The molecule has 0 saturated heterocycles. The number of hydrogen-bond acceptors (Lipinski definition) is 1. The van der Waals surface area contributed by atoms with Crippen LogP contribution in [0, 0.1) is 0 Å². The van der Waals surface area contributed by atoms with Gasteiger partial charge in [-0.15, -0.1) is 0 Å². The van der Waals surface area contributed by atoms with Crippen LogP contribution in [0.4, 0.5) is 0 Å². The van der Waals surface area contributed by atoms with Crippen molar-refractivity contribution in [2.24, 2.45) is 0 Å². The van der Waals surface area contributed by atoms with E-state index in [1.165, 1.54) is 16.2 Å². The van der Waals surface area contributed by atoms with Gasteiger partial charge in [0.2, 0.25) is 0 Å². The summed E-state index contributed by atoms with van der Waals surface area (Å²) >= 11 is 3.48. The maximum Gasteiger partial charge on any atom is 0.328 e. The molecular weight excluding hydrogens is 316 g/mol. The first-order valence-corrected chi connectivity index (χ1v) is 6.96. The molecule has 0 spiro atoms. The number of carboxylic acid groups (broad SMARTS) is 1. The number of halogens is 1. The lowest BCUT2D eigenvalue weighted by atomic mass is 10.00. The van der Waals surface area contributed by atoms with Crippen LogP contribution in [0.2, 0.25) is 0 Å². The number of hydrogen-bond donors (Lipinski definition) is 1. The largest absolute Gasteiger partial charge is 0.478 e. The highest BCUT2D eigenvalue weighted by atomic mass is 79.9. The summed E-state index contributed by atoms with van der Waals surface area (Å²) in [6, 6.07) is 16.3. The zero-order valence-corrected chi connectivity index (χ0v) is 12.1. The van der Waals surface area contributed by atoms with Crippen LogP contribution >= 0.6 is 15.9 Å². The SMILES string of the molecule is O=C(O)C=Cc1ccc2c(ccc3cc(Br)ccc32)c1. The van der Waals surface area contributed by atoms with Crippen molar-refractivity contribution in [2.75, 3.05) is 0 Å². The minimum atomic E-state index is -0.937. The zero-order valence-electron chi connectivity index (χ0n) is 10.5. The molecule has 0 fully saturated rings. The standard InChI is InChI=1S/C17H11BrO2/c18-14-5-7-16-13(10-14)4-3-12-9-11(1-6-15(12)16)2-8-17(19)20/h1-10H,(H,19,20). The molecule has 1 N–H and O–H groups in total. The number of carbonyl (C=O) groups is 1. The fourth-order valence-corrected chi connectivity index (χ4v) is 2.71. The van der Waals surface area contributed by atoms with Crippen molar-refractivity contribution in [1.29, 1.82) is 0 Å². The second-order valence-electron chi connectivity index (χ2n) is 4.58. The molecule has 0 bridgehead atoms. The molecule has 0 atom stereocenters. The molecule has 2 nitrogen and oxygen atoms in total. The van der Waals surface area contributed by atoms with E-state index in [9.17, 15) is 4.79 Å². The molecule has 98 valence electrons. The predicted molar refractivity (Wildman–Crippen MR) is 85.8 cm³/mol. The highest BCUT2D eigenvalue weighted by Crippen LogP contribution is 2.28. The van der Waals surface area contributed by atoms with Crippen LogP contribution in [0.15, 0.2) is 59.1 Å². The van der Waals surface area contributed by atoms with Gasteiger partial charge >= 0.3 is 5.97 Å². The predicted octanol–water partition coefficient (Wildman–Crippen LogP) is 4.85. The summed E-state index contributed by atoms with van der Waals surface area (Å²) in [5, 5.41) is 13.3. The lowest BCUT2D eigenvalue weighted by Crippen LogP contribution is -1.86. The van der Waals surface area contributed by atoms with Crippen LogP contribution in [-0.2, 0) is 4.79 Å². The van der Waals surface area contributed by atoms with Crippen LogP contribution in [0.25, 0.3) is 27.6 Å². The van der Waals surface area contributed by atoms with Crippen LogP contribution in [0.1, 0.15) is 5.56 Å². The van der Waals surface area contributed by atoms with E-state index in [2.05, 4.69) is 40.2 Å². The fourth-order valence-electron chi connectivity index (χ4n) is 2.33. The maximum absolute atomic E-state index is 10.6. The Morgan fingerprint density at radius 3 is 2.30 bits per heavy atom. The lowest BCUT2D eigenvalue weighted by Gasteiger charge is -2.05. The van der Waals surface area contributed by atoms with E-state index in [4.69, 9.17) is 5.11 Å². The van der Waals surface area contributed by atoms with Crippen LogP contribution in [-0.4, -0.2) is 11.1 Å². The molecule has 0 aliphatic carbocycles. The lowest BCUT2D eigenvalue weighted by molar-refractivity contribution is -0.131. The van der Waals surface area contributed by atoms with Gasteiger partial charge in [0.15, 0.2) is 0 Å². The average molecular weight is 327 g/mol. The van der Waals surface area contributed by atoms with Gasteiger partial charge in [0.25, 0.3) is 0 Å². The molecule has 0 aromatic heterocycles. The van der Waals surface area contributed by atoms with Gasteiger partial charge in [-0.2, -0.15) is 0 Å². The number of benzene rings is 3. The third kappa shape index (κ3) is 2.45. The van der Waals surface area contributed by atoms with E-state index < -0.39 is 5.97 Å². The van der Waals surface area contributed by atoms with Crippen LogP contribution < -0.4 is 0 Å². The first-order valence-electron chi connectivity index (χ1n) is 6.16. The average Bonchev–Trinajstić information content (AvgIpc) is 2.44. The number of fused-ring (bicyclic) bond motifs is 3. The van der Waals surface area contributed by atoms with Gasteiger partial charge in [-0.1, -0.05) is 46.3 Å². The molecular formula is C17H11BrO2.